The van der Waals surface area contributed by atoms with Gasteiger partial charge in [0.15, 0.2) is 0 Å². The molecule has 2 aromatic heterocycles. The Morgan fingerprint density at radius 1 is 1.32 bits per heavy atom. The summed E-state index contributed by atoms with van der Waals surface area (Å²) in [6.07, 6.45) is 5.68. The third kappa shape index (κ3) is 5.12. The molecule has 2 heterocycles. The number of aromatic nitrogens is 1. The van der Waals surface area contributed by atoms with Crippen molar-refractivity contribution in [1.82, 2.24) is 10.3 Å². The van der Waals surface area contributed by atoms with Crippen LogP contribution in [0.4, 0.5) is 0 Å². The molecule has 2 rings (SSSR count). The normalized spacial score (nSPS) is 10.4. The summed E-state index contributed by atoms with van der Waals surface area (Å²) in [6.45, 7) is 0.693. The SMILES string of the molecule is O=C(CCc1cccnc1)NCCc1ccc(Br)s1. The van der Waals surface area contributed by atoms with E-state index in [0.29, 0.717) is 13.0 Å². The van der Waals surface area contributed by atoms with Crippen LogP contribution >= 0.6 is 27.3 Å². The summed E-state index contributed by atoms with van der Waals surface area (Å²) >= 11 is 5.14. The summed E-state index contributed by atoms with van der Waals surface area (Å²) in [5, 5.41) is 2.94. The fourth-order valence-electron chi connectivity index (χ4n) is 1.70. The summed E-state index contributed by atoms with van der Waals surface area (Å²) in [5.74, 6) is 0.0967. The van der Waals surface area contributed by atoms with Crippen molar-refractivity contribution in [2.45, 2.75) is 19.3 Å². The lowest BCUT2D eigenvalue weighted by Crippen LogP contribution is -2.25. The lowest BCUT2D eigenvalue weighted by atomic mass is 10.1. The van der Waals surface area contributed by atoms with E-state index < -0.39 is 0 Å². The van der Waals surface area contributed by atoms with Crippen molar-refractivity contribution >= 4 is 33.2 Å². The number of carbonyl (C=O) groups excluding carboxylic acids is 1. The molecule has 0 aliphatic heterocycles. The number of pyridine rings is 1. The van der Waals surface area contributed by atoms with E-state index in [9.17, 15) is 4.79 Å². The van der Waals surface area contributed by atoms with Gasteiger partial charge in [0.1, 0.15) is 0 Å². The van der Waals surface area contributed by atoms with E-state index in [0.717, 1.165) is 22.2 Å². The molecule has 0 radical (unpaired) electrons. The summed E-state index contributed by atoms with van der Waals surface area (Å²) in [4.78, 5) is 17.0. The zero-order chi connectivity index (χ0) is 13.5. The second-order valence-electron chi connectivity index (χ2n) is 4.17. The fraction of sp³-hybridized carbons (Fsp3) is 0.286. The summed E-state index contributed by atoms with van der Waals surface area (Å²) < 4.78 is 1.13. The zero-order valence-corrected chi connectivity index (χ0v) is 12.8. The highest BCUT2D eigenvalue weighted by Gasteiger charge is 2.03. The van der Waals surface area contributed by atoms with Gasteiger partial charge in [-0.2, -0.15) is 0 Å². The molecule has 5 heteroatoms. The molecule has 1 amide bonds. The number of hydrogen-bond donors (Lipinski definition) is 1. The molecule has 0 aliphatic carbocycles. The highest BCUT2D eigenvalue weighted by Crippen LogP contribution is 2.21. The number of aryl methyl sites for hydroxylation is 1. The van der Waals surface area contributed by atoms with Crippen molar-refractivity contribution in [3.05, 3.63) is 50.9 Å². The van der Waals surface area contributed by atoms with E-state index in [4.69, 9.17) is 0 Å². The van der Waals surface area contributed by atoms with Crippen molar-refractivity contribution < 1.29 is 4.79 Å². The quantitative estimate of drug-likeness (QED) is 0.878. The predicted molar refractivity (Wildman–Crippen MR) is 81.3 cm³/mol. The van der Waals surface area contributed by atoms with Crippen LogP contribution in [-0.4, -0.2) is 17.4 Å². The number of carbonyl (C=O) groups is 1. The second-order valence-corrected chi connectivity index (χ2v) is 6.71. The summed E-state index contributed by atoms with van der Waals surface area (Å²) in [6, 6.07) is 7.99. The molecule has 0 bridgehead atoms. The van der Waals surface area contributed by atoms with Crippen molar-refractivity contribution in [3.63, 3.8) is 0 Å². The number of nitrogens with zero attached hydrogens (tertiary/aromatic N) is 1. The maximum absolute atomic E-state index is 11.7. The van der Waals surface area contributed by atoms with Crippen molar-refractivity contribution in [1.29, 1.82) is 0 Å². The van der Waals surface area contributed by atoms with E-state index in [2.05, 4.69) is 32.3 Å². The van der Waals surface area contributed by atoms with Gasteiger partial charge < -0.3 is 5.32 Å². The summed E-state index contributed by atoms with van der Waals surface area (Å²) in [7, 11) is 0. The maximum Gasteiger partial charge on any atom is 0.220 e. The average molecular weight is 339 g/mol. The first kappa shape index (κ1) is 14.2. The average Bonchev–Trinajstić information content (AvgIpc) is 2.83. The van der Waals surface area contributed by atoms with Gasteiger partial charge >= 0.3 is 0 Å². The number of halogens is 1. The molecule has 0 saturated heterocycles. The first-order valence-electron chi connectivity index (χ1n) is 6.14. The molecule has 100 valence electrons. The highest BCUT2D eigenvalue weighted by molar-refractivity contribution is 9.11. The van der Waals surface area contributed by atoms with Gasteiger partial charge in [0, 0.05) is 30.2 Å². The minimum absolute atomic E-state index is 0.0967. The lowest BCUT2D eigenvalue weighted by Gasteiger charge is -2.04. The van der Waals surface area contributed by atoms with Gasteiger partial charge in [0.2, 0.25) is 5.91 Å². The van der Waals surface area contributed by atoms with Crippen LogP contribution in [0.5, 0.6) is 0 Å². The van der Waals surface area contributed by atoms with Gasteiger partial charge in [-0.15, -0.1) is 11.3 Å². The molecule has 0 unspecified atom stereocenters. The van der Waals surface area contributed by atoms with Crippen molar-refractivity contribution in [2.75, 3.05) is 6.54 Å². The van der Waals surface area contributed by atoms with Gasteiger partial charge in [-0.3, -0.25) is 9.78 Å². The van der Waals surface area contributed by atoms with Crippen LogP contribution in [-0.2, 0) is 17.6 Å². The van der Waals surface area contributed by atoms with Crippen LogP contribution in [0.3, 0.4) is 0 Å². The number of rotatable bonds is 6. The Morgan fingerprint density at radius 2 is 2.21 bits per heavy atom. The Kier molecular flexibility index (Phi) is 5.54. The van der Waals surface area contributed by atoms with E-state index >= 15 is 0 Å². The number of thiophene rings is 1. The number of hydrogen-bond acceptors (Lipinski definition) is 3. The number of amides is 1. The first-order valence-corrected chi connectivity index (χ1v) is 7.75. The van der Waals surface area contributed by atoms with E-state index in [1.54, 1.807) is 23.7 Å². The van der Waals surface area contributed by atoms with E-state index in [-0.39, 0.29) is 5.91 Å². The van der Waals surface area contributed by atoms with Crippen LogP contribution in [0.25, 0.3) is 0 Å². The number of nitrogens with one attached hydrogen (secondary N) is 1. The smallest absolute Gasteiger partial charge is 0.220 e. The van der Waals surface area contributed by atoms with Gasteiger partial charge in [0.05, 0.1) is 3.79 Å². The Hall–Kier alpha value is -1.20. The Morgan fingerprint density at radius 3 is 2.89 bits per heavy atom. The Balaban J connectivity index is 1.65. The maximum atomic E-state index is 11.7. The van der Waals surface area contributed by atoms with Crippen LogP contribution in [0.15, 0.2) is 40.4 Å². The third-order valence-electron chi connectivity index (χ3n) is 2.69. The standard InChI is InChI=1S/C14H15BrN2OS/c15-13-5-4-12(19-13)7-9-17-14(18)6-3-11-2-1-8-16-10-11/h1-2,4-5,8,10H,3,6-7,9H2,(H,17,18). The molecule has 0 aliphatic rings. The van der Waals surface area contributed by atoms with Gasteiger partial charge in [-0.25, -0.2) is 0 Å². The van der Waals surface area contributed by atoms with Gasteiger partial charge in [0.25, 0.3) is 0 Å². The topological polar surface area (TPSA) is 42.0 Å². The Labute approximate surface area is 125 Å². The van der Waals surface area contributed by atoms with Crippen LogP contribution in [0, 0.1) is 0 Å². The molecule has 1 N–H and O–H groups in total. The molecule has 3 nitrogen and oxygen atoms in total. The minimum atomic E-state index is 0.0967. The van der Waals surface area contributed by atoms with Gasteiger partial charge in [-0.1, -0.05) is 6.07 Å². The molecule has 2 aromatic rings. The van der Waals surface area contributed by atoms with Crippen LogP contribution in [0.1, 0.15) is 16.9 Å². The predicted octanol–water partition coefficient (Wildman–Crippen LogP) is 3.20. The molecule has 0 saturated carbocycles. The van der Waals surface area contributed by atoms with Crippen molar-refractivity contribution in [2.24, 2.45) is 0 Å². The van der Waals surface area contributed by atoms with Crippen LogP contribution in [0.2, 0.25) is 0 Å². The second kappa shape index (κ2) is 7.40. The third-order valence-corrected chi connectivity index (χ3v) is 4.37. The zero-order valence-electron chi connectivity index (χ0n) is 10.4. The van der Waals surface area contributed by atoms with Gasteiger partial charge in [-0.05, 0) is 52.5 Å². The fourth-order valence-corrected chi connectivity index (χ4v) is 3.19. The molecule has 0 fully saturated rings. The van der Waals surface area contributed by atoms with Crippen molar-refractivity contribution in [3.8, 4) is 0 Å². The Bertz CT molecular complexity index is 527. The lowest BCUT2D eigenvalue weighted by molar-refractivity contribution is -0.121. The highest BCUT2D eigenvalue weighted by atomic mass is 79.9. The molecule has 0 spiro atoms. The molecule has 0 aromatic carbocycles. The molecular weight excluding hydrogens is 324 g/mol. The molecule has 0 atom stereocenters. The minimum Gasteiger partial charge on any atom is -0.356 e. The van der Waals surface area contributed by atoms with E-state index in [1.165, 1.54) is 4.88 Å². The molecule has 19 heavy (non-hydrogen) atoms. The van der Waals surface area contributed by atoms with E-state index in [1.807, 2.05) is 18.2 Å². The first-order chi connectivity index (χ1) is 9.24. The largest absolute Gasteiger partial charge is 0.356 e. The molecular formula is C14H15BrN2OS. The summed E-state index contributed by atoms with van der Waals surface area (Å²) in [5.41, 5.74) is 1.10. The monoisotopic (exact) mass is 338 g/mol. The van der Waals surface area contributed by atoms with Crippen LogP contribution < -0.4 is 5.32 Å².